The number of nitrogens with two attached hydrogens (primary N) is 1. The maximum atomic E-state index is 12.6. The van der Waals surface area contributed by atoms with E-state index in [9.17, 15) is 13.2 Å². The molecule has 6 heteroatoms. The van der Waals surface area contributed by atoms with E-state index in [0.29, 0.717) is 16.6 Å². The van der Waals surface area contributed by atoms with Gasteiger partial charge in [-0.2, -0.15) is 13.2 Å². The molecule has 0 bridgehead atoms. The Balaban J connectivity index is 2.46. The highest BCUT2D eigenvalue weighted by atomic mass is 19.4. The molecule has 1 aromatic heterocycles. The number of fused-ring (bicyclic) bond motifs is 1. The van der Waals surface area contributed by atoms with E-state index < -0.39 is 12.3 Å². The van der Waals surface area contributed by atoms with E-state index >= 15 is 0 Å². The maximum Gasteiger partial charge on any atom is 0.425 e. The van der Waals surface area contributed by atoms with E-state index in [1.807, 2.05) is 0 Å². The van der Waals surface area contributed by atoms with E-state index in [-0.39, 0.29) is 12.3 Å². The predicted octanol–water partition coefficient (Wildman–Crippen LogP) is 3.02. The van der Waals surface area contributed by atoms with Crippen LogP contribution in [-0.2, 0) is 6.54 Å². The fourth-order valence-corrected chi connectivity index (χ4v) is 1.65. The first-order valence-electron chi connectivity index (χ1n) is 5.74. The molecule has 1 aromatic carbocycles. The van der Waals surface area contributed by atoms with Crippen molar-refractivity contribution in [3.63, 3.8) is 0 Å². The van der Waals surface area contributed by atoms with Gasteiger partial charge in [0, 0.05) is 18.0 Å². The van der Waals surface area contributed by atoms with Gasteiger partial charge in [-0.3, -0.25) is 4.98 Å². The molecule has 0 aliphatic carbocycles. The van der Waals surface area contributed by atoms with Gasteiger partial charge < -0.3 is 10.5 Å². The van der Waals surface area contributed by atoms with E-state index in [1.165, 1.54) is 6.07 Å². The van der Waals surface area contributed by atoms with Gasteiger partial charge in [-0.05, 0) is 19.1 Å². The van der Waals surface area contributed by atoms with Crippen LogP contribution in [0.25, 0.3) is 10.9 Å². The molecule has 1 heterocycles. The molecule has 0 radical (unpaired) electrons. The van der Waals surface area contributed by atoms with Gasteiger partial charge in [0.05, 0.1) is 11.2 Å². The van der Waals surface area contributed by atoms with Gasteiger partial charge >= 0.3 is 6.18 Å². The summed E-state index contributed by atoms with van der Waals surface area (Å²) in [7, 11) is 0. The highest BCUT2D eigenvalue weighted by molar-refractivity contribution is 5.85. The zero-order valence-corrected chi connectivity index (χ0v) is 10.2. The number of rotatable bonds is 3. The van der Waals surface area contributed by atoms with Gasteiger partial charge in [-0.25, -0.2) is 0 Å². The normalized spacial score (nSPS) is 13.5. The SMILES string of the molecule is CC(Oc1cc(CN)nc2ccccc12)C(F)(F)F. The Labute approximate surface area is 108 Å². The fraction of sp³-hybridized carbons (Fsp3) is 0.308. The van der Waals surface area contributed by atoms with E-state index in [0.717, 1.165) is 6.92 Å². The van der Waals surface area contributed by atoms with Crippen LogP contribution in [0.2, 0.25) is 0 Å². The lowest BCUT2D eigenvalue weighted by Crippen LogP contribution is -2.31. The van der Waals surface area contributed by atoms with Crippen molar-refractivity contribution in [2.45, 2.75) is 25.7 Å². The van der Waals surface area contributed by atoms with Crippen molar-refractivity contribution >= 4 is 10.9 Å². The zero-order valence-electron chi connectivity index (χ0n) is 10.2. The van der Waals surface area contributed by atoms with Crippen LogP contribution in [0, 0.1) is 0 Å². The van der Waals surface area contributed by atoms with Crippen molar-refractivity contribution in [2.24, 2.45) is 5.73 Å². The topological polar surface area (TPSA) is 48.1 Å². The number of para-hydroxylation sites is 1. The number of alkyl halides is 3. The molecular weight excluding hydrogens is 257 g/mol. The van der Waals surface area contributed by atoms with Crippen molar-refractivity contribution in [3.05, 3.63) is 36.0 Å². The van der Waals surface area contributed by atoms with Gasteiger partial charge in [-0.15, -0.1) is 0 Å². The van der Waals surface area contributed by atoms with Crippen LogP contribution in [0.3, 0.4) is 0 Å². The van der Waals surface area contributed by atoms with Crippen molar-refractivity contribution in [1.29, 1.82) is 0 Å². The van der Waals surface area contributed by atoms with Gasteiger partial charge in [0.25, 0.3) is 0 Å². The van der Waals surface area contributed by atoms with E-state index in [2.05, 4.69) is 4.98 Å². The smallest absolute Gasteiger partial charge is 0.425 e. The monoisotopic (exact) mass is 270 g/mol. The lowest BCUT2D eigenvalue weighted by Gasteiger charge is -2.19. The summed E-state index contributed by atoms with van der Waals surface area (Å²) >= 11 is 0. The molecule has 0 saturated carbocycles. The summed E-state index contributed by atoms with van der Waals surface area (Å²) in [6.45, 7) is 1.11. The number of benzene rings is 1. The second-order valence-corrected chi connectivity index (χ2v) is 4.13. The minimum Gasteiger partial charge on any atom is -0.480 e. The molecular formula is C13H13F3N2O. The molecule has 1 unspecified atom stereocenters. The Hall–Kier alpha value is -1.82. The summed E-state index contributed by atoms with van der Waals surface area (Å²) in [5.74, 6) is 0.149. The third-order valence-electron chi connectivity index (χ3n) is 2.71. The van der Waals surface area contributed by atoms with Crippen molar-refractivity contribution in [2.75, 3.05) is 0 Å². The molecule has 2 N–H and O–H groups in total. The largest absolute Gasteiger partial charge is 0.480 e. The molecule has 0 aliphatic heterocycles. The Morgan fingerprint density at radius 2 is 2.00 bits per heavy atom. The summed E-state index contributed by atoms with van der Waals surface area (Å²) in [6, 6.07) is 8.30. The minimum atomic E-state index is -4.41. The second-order valence-electron chi connectivity index (χ2n) is 4.13. The summed E-state index contributed by atoms with van der Waals surface area (Å²) in [6.07, 6.45) is -6.29. The number of hydrogen-bond acceptors (Lipinski definition) is 3. The number of halogens is 3. The van der Waals surface area contributed by atoms with E-state index in [1.54, 1.807) is 24.3 Å². The molecule has 19 heavy (non-hydrogen) atoms. The number of ether oxygens (including phenoxy) is 1. The van der Waals surface area contributed by atoms with Gasteiger partial charge in [0.15, 0.2) is 6.10 Å². The fourth-order valence-electron chi connectivity index (χ4n) is 1.65. The molecule has 0 amide bonds. The molecule has 0 aliphatic rings. The zero-order chi connectivity index (χ0) is 14.0. The van der Waals surface area contributed by atoms with Gasteiger partial charge in [-0.1, -0.05) is 12.1 Å². The first kappa shape index (κ1) is 13.6. The highest BCUT2D eigenvalue weighted by Crippen LogP contribution is 2.30. The first-order valence-corrected chi connectivity index (χ1v) is 5.74. The molecule has 3 nitrogen and oxygen atoms in total. The van der Waals surface area contributed by atoms with Gasteiger partial charge in [0.2, 0.25) is 0 Å². The van der Waals surface area contributed by atoms with Gasteiger partial charge in [0.1, 0.15) is 5.75 Å². The number of nitrogens with zero attached hydrogens (tertiary/aromatic N) is 1. The number of pyridine rings is 1. The highest BCUT2D eigenvalue weighted by Gasteiger charge is 2.38. The van der Waals surface area contributed by atoms with Crippen LogP contribution in [0.1, 0.15) is 12.6 Å². The molecule has 2 aromatic rings. The quantitative estimate of drug-likeness (QED) is 0.932. The molecule has 0 fully saturated rings. The summed E-state index contributed by atoms with van der Waals surface area (Å²) < 4.78 is 42.7. The van der Waals surface area contributed by atoms with Crippen LogP contribution in [-0.4, -0.2) is 17.3 Å². The molecule has 0 spiro atoms. The Morgan fingerprint density at radius 1 is 1.32 bits per heavy atom. The number of hydrogen-bond donors (Lipinski definition) is 1. The Kier molecular flexibility index (Phi) is 3.61. The van der Waals surface area contributed by atoms with Crippen molar-refractivity contribution < 1.29 is 17.9 Å². The maximum absolute atomic E-state index is 12.6. The van der Waals surface area contributed by atoms with Crippen molar-refractivity contribution in [1.82, 2.24) is 4.98 Å². The molecule has 2 rings (SSSR count). The average molecular weight is 270 g/mol. The van der Waals surface area contributed by atoms with Crippen LogP contribution in [0.15, 0.2) is 30.3 Å². The third-order valence-corrected chi connectivity index (χ3v) is 2.71. The third kappa shape index (κ3) is 2.96. The average Bonchev–Trinajstić information content (AvgIpc) is 2.37. The first-order chi connectivity index (χ1) is 8.91. The standard InChI is InChI=1S/C13H13F3N2O/c1-8(13(14,15)16)19-12-6-9(7-17)18-11-5-3-2-4-10(11)12/h2-6,8H,7,17H2,1H3. The number of aromatic nitrogens is 1. The lowest BCUT2D eigenvalue weighted by atomic mass is 10.2. The second kappa shape index (κ2) is 5.05. The molecule has 0 saturated heterocycles. The van der Waals surface area contributed by atoms with Crippen LogP contribution < -0.4 is 10.5 Å². The van der Waals surface area contributed by atoms with Crippen LogP contribution >= 0.6 is 0 Å². The van der Waals surface area contributed by atoms with Crippen LogP contribution in [0.4, 0.5) is 13.2 Å². The summed E-state index contributed by atoms with van der Waals surface area (Å²) in [4.78, 5) is 4.24. The van der Waals surface area contributed by atoms with Crippen molar-refractivity contribution in [3.8, 4) is 5.75 Å². The molecule has 102 valence electrons. The Bertz CT molecular complexity index is 584. The predicted molar refractivity (Wildman–Crippen MR) is 65.8 cm³/mol. The minimum absolute atomic E-state index is 0.140. The van der Waals surface area contributed by atoms with Crippen LogP contribution in [0.5, 0.6) is 5.75 Å². The lowest BCUT2D eigenvalue weighted by molar-refractivity contribution is -0.189. The summed E-state index contributed by atoms with van der Waals surface area (Å²) in [5, 5.41) is 0.538. The van der Waals surface area contributed by atoms with E-state index in [4.69, 9.17) is 10.5 Å². The Morgan fingerprint density at radius 3 is 2.63 bits per heavy atom. The summed E-state index contributed by atoms with van der Waals surface area (Å²) in [5.41, 5.74) is 6.54. The molecule has 1 atom stereocenters.